The van der Waals surface area contributed by atoms with Gasteiger partial charge in [0.25, 0.3) is 5.91 Å². The van der Waals surface area contributed by atoms with Gasteiger partial charge in [-0.3, -0.25) is 9.69 Å². The normalized spacial score (nSPS) is 23.5. The average Bonchev–Trinajstić information content (AvgIpc) is 2.46. The van der Waals surface area contributed by atoms with E-state index in [0.29, 0.717) is 10.9 Å². The molecule has 23 heavy (non-hydrogen) atoms. The molecule has 1 aromatic rings. The lowest BCUT2D eigenvalue weighted by Crippen LogP contribution is -2.57. The molecule has 2 fully saturated rings. The number of hydrogen-bond acceptors (Lipinski definition) is 4. The highest BCUT2D eigenvalue weighted by Crippen LogP contribution is 2.27. The molecule has 0 radical (unpaired) electrons. The number of halogens is 1. The van der Waals surface area contributed by atoms with Crippen molar-refractivity contribution in [3.05, 3.63) is 30.1 Å². The third kappa shape index (κ3) is 4.10. The lowest BCUT2D eigenvalue weighted by atomic mass is 9.95. The minimum atomic E-state index is -0.334. The molecule has 1 aromatic carbocycles. The van der Waals surface area contributed by atoms with Gasteiger partial charge in [-0.25, -0.2) is 4.39 Å². The Hall–Kier alpha value is -1.44. The van der Waals surface area contributed by atoms with Gasteiger partial charge in [-0.15, -0.1) is 0 Å². The standard InChI is InChI=1S/C16H20FN3O2S.H2/c17-11-2-1-3-13(10-11)23-16(18)19-15(21)14-4-7-20(14)12-5-8-22-9-6-12;/h1-3,10,12,14H,4-9H2,(H2,18,19,21);1H/t14-;/m0./s1. The largest absolute Gasteiger partial charge is 0.381 e. The zero-order chi connectivity index (χ0) is 16.2. The molecule has 0 aromatic heterocycles. The molecule has 0 aliphatic carbocycles. The highest BCUT2D eigenvalue weighted by atomic mass is 32.2. The van der Waals surface area contributed by atoms with Crippen molar-refractivity contribution in [2.75, 3.05) is 19.8 Å². The summed E-state index contributed by atoms with van der Waals surface area (Å²) in [6.07, 6.45) is 2.74. The van der Waals surface area contributed by atoms with Crippen molar-refractivity contribution in [3.63, 3.8) is 0 Å². The maximum atomic E-state index is 13.2. The minimum Gasteiger partial charge on any atom is -0.381 e. The first-order valence-electron chi connectivity index (χ1n) is 7.78. The average molecular weight is 339 g/mol. The summed E-state index contributed by atoms with van der Waals surface area (Å²) in [4.78, 5) is 19.1. The second-order valence-electron chi connectivity index (χ2n) is 5.73. The molecular formula is C16H22FN3O2S. The van der Waals surface area contributed by atoms with Crippen LogP contribution in [0, 0.1) is 5.82 Å². The van der Waals surface area contributed by atoms with Gasteiger partial charge in [0.1, 0.15) is 5.82 Å². The fourth-order valence-electron chi connectivity index (χ4n) is 2.98. The van der Waals surface area contributed by atoms with Gasteiger partial charge >= 0.3 is 0 Å². The SMILES string of the molecule is NC(=NC(=O)[C@@H]1CCN1C1CCOCC1)Sc1cccc(F)c1.[HH]. The van der Waals surface area contributed by atoms with Gasteiger partial charge in [-0.05, 0) is 37.5 Å². The first kappa shape index (κ1) is 16.4. The maximum Gasteiger partial charge on any atom is 0.265 e. The number of aliphatic imine (C=N–C) groups is 1. The number of likely N-dealkylation sites (tertiary alicyclic amines) is 1. The molecule has 0 bridgehead atoms. The van der Waals surface area contributed by atoms with Crippen LogP contribution in [0.4, 0.5) is 4.39 Å². The van der Waals surface area contributed by atoms with Gasteiger partial charge in [0, 0.05) is 32.1 Å². The van der Waals surface area contributed by atoms with E-state index in [1.807, 2.05) is 0 Å². The minimum absolute atomic E-state index is 0. The number of amidine groups is 1. The number of thioether (sulfide) groups is 1. The van der Waals surface area contributed by atoms with Crippen LogP contribution in [-0.4, -0.2) is 47.8 Å². The number of nitrogens with two attached hydrogens (primary N) is 1. The Morgan fingerprint density at radius 1 is 1.39 bits per heavy atom. The van der Waals surface area contributed by atoms with E-state index in [1.165, 1.54) is 12.1 Å². The summed E-state index contributed by atoms with van der Waals surface area (Å²) >= 11 is 1.10. The van der Waals surface area contributed by atoms with Gasteiger partial charge in [0.2, 0.25) is 0 Å². The van der Waals surface area contributed by atoms with Crippen molar-refractivity contribution in [2.45, 2.75) is 36.2 Å². The molecule has 2 N–H and O–H groups in total. The van der Waals surface area contributed by atoms with Crippen molar-refractivity contribution < 1.29 is 15.3 Å². The van der Waals surface area contributed by atoms with Crippen LogP contribution in [0.5, 0.6) is 0 Å². The third-order valence-corrected chi connectivity index (χ3v) is 5.03. The molecule has 2 aliphatic heterocycles. The summed E-state index contributed by atoms with van der Waals surface area (Å²) in [6, 6.07) is 6.30. The quantitative estimate of drug-likeness (QED) is 0.520. The number of benzene rings is 1. The van der Waals surface area contributed by atoms with Gasteiger partial charge in [-0.2, -0.15) is 4.99 Å². The fraction of sp³-hybridized carbons (Fsp3) is 0.500. The molecule has 1 atom stereocenters. The Balaban J connectivity index is 0.00000208. The molecule has 126 valence electrons. The molecule has 0 unspecified atom stereocenters. The molecule has 2 heterocycles. The van der Waals surface area contributed by atoms with Crippen LogP contribution < -0.4 is 5.73 Å². The van der Waals surface area contributed by atoms with Gasteiger partial charge in [-0.1, -0.05) is 17.8 Å². The predicted octanol–water partition coefficient (Wildman–Crippen LogP) is 2.26. The van der Waals surface area contributed by atoms with Crippen molar-refractivity contribution in [2.24, 2.45) is 10.7 Å². The summed E-state index contributed by atoms with van der Waals surface area (Å²) in [5, 5.41) is 0.152. The van der Waals surface area contributed by atoms with Crippen LogP contribution in [0.1, 0.15) is 20.7 Å². The maximum absolute atomic E-state index is 13.2. The molecule has 5 nitrogen and oxygen atoms in total. The van der Waals surface area contributed by atoms with E-state index in [4.69, 9.17) is 10.5 Å². The Bertz CT molecular complexity index is 611. The van der Waals surface area contributed by atoms with E-state index in [-0.39, 0.29) is 24.4 Å². The second-order valence-corrected chi connectivity index (χ2v) is 6.83. The van der Waals surface area contributed by atoms with E-state index in [2.05, 4.69) is 9.89 Å². The van der Waals surface area contributed by atoms with E-state index < -0.39 is 0 Å². The summed E-state index contributed by atoms with van der Waals surface area (Å²) < 4.78 is 18.5. The lowest BCUT2D eigenvalue weighted by Gasteiger charge is -2.45. The number of amides is 1. The molecule has 0 spiro atoms. The summed E-state index contributed by atoms with van der Waals surface area (Å²) in [5.41, 5.74) is 5.83. The molecule has 2 aliphatic rings. The van der Waals surface area contributed by atoms with Crippen molar-refractivity contribution >= 4 is 22.8 Å². The van der Waals surface area contributed by atoms with Gasteiger partial charge < -0.3 is 10.5 Å². The van der Waals surface area contributed by atoms with Crippen LogP contribution in [0.2, 0.25) is 0 Å². The van der Waals surface area contributed by atoms with Crippen molar-refractivity contribution in [1.82, 2.24) is 4.90 Å². The van der Waals surface area contributed by atoms with Crippen LogP contribution in [0.15, 0.2) is 34.2 Å². The Morgan fingerprint density at radius 2 is 2.17 bits per heavy atom. The number of carbonyl (C=O) groups is 1. The number of ether oxygens (including phenoxy) is 1. The summed E-state index contributed by atoms with van der Waals surface area (Å²) in [5.74, 6) is -0.539. The number of rotatable bonds is 3. The molecule has 3 rings (SSSR count). The zero-order valence-electron chi connectivity index (χ0n) is 12.8. The van der Waals surface area contributed by atoms with E-state index >= 15 is 0 Å². The van der Waals surface area contributed by atoms with E-state index in [0.717, 1.165) is 50.8 Å². The summed E-state index contributed by atoms with van der Waals surface area (Å²) in [7, 11) is 0. The first-order valence-corrected chi connectivity index (χ1v) is 8.60. The highest BCUT2D eigenvalue weighted by Gasteiger charge is 2.39. The zero-order valence-corrected chi connectivity index (χ0v) is 13.6. The number of hydrogen-bond donors (Lipinski definition) is 1. The van der Waals surface area contributed by atoms with Crippen LogP contribution in [0.3, 0.4) is 0 Å². The smallest absolute Gasteiger partial charge is 0.265 e. The summed E-state index contributed by atoms with van der Waals surface area (Å²) in [6.45, 7) is 2.43. The first-order chi connectivity index (χ1) is 11.1. The monoisotopic (exact) mass is 339 g/mol. The molecule has 1 amide bonds. The van der Waals surface area contributed by atoms with Crippen LogP contribution >= 0.6 is 11.8 Å². The Kier molecular flexibility index (Phi) is 5.30. The van der Waals surface area contributed by atoms with Crippen LogP contribution in [-0.2, 0) is 9.53 Å². The van der Waals surface area contributed by atoms with Crippen molar-refractivity contribution in [3.8, 4) is 0 Å². The number of nitrogens with zero attached hydrogens (tertiary/aromatic N) is 2. The lowest BCUT2D eigenvalue weighted by molar-refractivity contribution is -0.130. The van der Waals surface area contributed by atoms with Gasteiger partial charge in [0.05, 0.1) is 6.04 Å². The van der Waals surface area contributed by atoms with Gasteiger partial charge in [0.15, 0.2) is 5.17 Å². The molecule has 0 saturated carbocycles. The molecule has 7 heteroatoms. The fourth-order valence-corrected chi connectivity index (χ4v) is 3.68. The second kappa shape index (κ2) is 7.42. The van der Waals surface area contributed by atoms with E-state index in [1.54, 1.807) is 12.1 Å². The highest BCUT2D eigenvalue weighted by molar-refractivity contribution is 8.13. The number of carbonyl (C=O) groups excluding carboxylic acids is 1. The Labute approximate surface area is 140 Å². The van der Waals surface area contributed by atoms with Crippen molar-refractivity contribution in [1.29, 1.82) is 0 Å². The molecular weight excluding hydrogens is 317 g/mol. The van der Waals surface area contributed by atoms with Crippen LogP contribution in [0.25, 0.3) is 0 Å². The predicted molar refractivity (Wildman–Crippen MR) is 90.0 cm³/mol. The Morgan fingerprint density at radius 3 is 2.83 bits per heavy atom. The van der Waals surface area contributed by atoms with E-state index in [9.17, 15) is 9.18 Å². The topological polar surface area (TPSA) is 67.9 Å². The molecule has 2 saturated heterocycles. The third-order valence-electron chi connectivity index (χ3n) is 4.24.